The van der Waals surface area contributed by atoms with E-state index in [-0.39, 0.29) is 10.0 Å². The second kappa shape index (κ2) is 7.50. The molecule has 1 saturated heterocycles. The van der Waals surface area contributed by atoms with Crippen LogP contribution in [0.3, 0.4) is 0 Å². The quantitative estimate of drug-likeness (QED) is 0.641. The molecule has 4 rings (SSSR count). The summed E-state index contributed by atoms with van der Waals surface area (Å²) in [6.45, 7) is 1.71. The number of aromatic nitrogens is 5. The van der Waals surface area contributed by atoms with Gasteiger partial charge in [0.05, 0.1) is 33.7 Å². The molecule has 0 bridgehead atoms. The summed E-state index contributed by atoms with van der Waals surface area (Å²) in [5.74, 6) is 0. The van der Waals surface area contributed by atoms with E-state index in [1.807, 2.05) is 10.7 Å². The van der Waals surface area contributed by atoms with Gasteiger partial charge in [0, 0.05) is 13.1 Å². The molecule has 140 valence electrons. The van der Waals surface area contributed by atoms with E-state index in [1.54, 1.807) is 24.8 Å². The second-order valence-electron chi connectivity index (χ2n) is 6.25. The van der Waals surface area contributed by atoms with Gasteiger partial charge in [-0.2, -0.15) is 14.9 Å². The molecule has 0 unspecified atom stereocenters. The minimum Gasteiger partial charge on any atom is -0.370 e. The van der Waals surface area contributed by atoms with Gasteiger partial charge >= 0.3 is 0 Å². The third-order valence-electron chi connectivity index (χ3n) is 4.67. The molecule has 1 aromatic carbocycles. The van der Waals surface area contributed by atoms with Crippen molar-refractivity contribution < 1.29 is 0 Å². The van der Waals surface area contributed by atoms with Crippen LogP contribution in [-0.2, 0) is 0 Å². The Bertz CT molecular complexity index is 1010. The largest absolute Gasteiger partial charge is 0.370 e. The summed E-state index contributed by atoms with van der Waals surface area (Å²) in [6.07, 6.45) is 6.55. The maximum Gasteiger partial charge on any atom is 0.291 e. The van der Waals surface area contributed by atoms with Crippen LogP contribution in [0.1, 0.15) is 18.9 Å². The third kappa shape index (κ3) is 3.54. The van der Waals surface area contributed by atoms with Crippen molar-refractivity contribution in [3.05, 3.63) is 62.5 Å². The first-order chi connectivity index (χ1) is 13.0. The van der Waals surface area contributed by atoms with Crippen molar-refractivity contribution >= 4 is 40.5 Å². The van der Waals surface area contributed by atoms with Crippen molar-refractivity contribution in [3.8, 4) is 5.69 Å². The smallest absolute Gasteiger partial charge is 0.291 e. The maximum atomic E-state index is 12.3. The Balaban J connectivity index is 1.55. The van der Waals surface area contributed by atoms with Crippen LogP contribution >= 0.6 is 34.8 Å². The number of nitrogens with zero attached hydrogens (tertiary/aromatic N) is 6. The van der Waals surface area contributed by atoms with Gasteiger partial charge < -0.3 is 4.90 Å². The van der Waals surface area contributed by atoms with E-state index in [9.17, 15) is 4.79 Å². The average molecular weight is 426 g/mol. The van der Waals surface area contributed by atoms with E-state index < -0.39 is 5.56 Å². The molecule has 1 aliphatic heterocycles. The van der Waals surface area contributed by atoms with Crippen molar-refractivity contribution in [2.24, 2.45) is 0 Å². The molecule has 10 heteroatoms. The van der Waals surface area contributed by atoms with Crippen LogP contribution < -0.4 is 10.5 Å². The van der Waals surface area contributed by atoms with Crippen LogP contribution in [0.4, 0.5) is 5.69 Å². The summed E-state index contributed by atoms with van der Waals surface area (Å²) in [7, 11) is 0. The number of hydrogen-bond donors (Lipinski definition) is 0. The molecular formula is C17H15Cl3N6O. The predicted molar refractivity (Wildman–Crippen MR) is 105 cm³/mol. The van der Waals surface area contributed by atoms with E-state index in [2.05, 4.69) is 20.1 Å². The van der Waals surface area contributed by atoms with Gasteiger partial charge in [-0.3, -0.25) is 4.79 Å². The fourth-order valence-corrected chi connectivity index (χ4v) is 3.81. The minimum atomic E-state index is -0.485. The van der Waals surface area contributed by atoms with E-state index >= 15 is 0 Å². The Kier molecular flexibility index (Phi) is 5.08. The van der Waals surface area contributed by atoms with Crippen molar-refractivity contribution in [1.82, 2.24) is 24.5 Å². The summed E-state index contributed by atoms with van der Waals surface area (Å²) in [5.41, 5.74) is 0.969. The molecule has 7 nitrogen and oxygen atoms in total. The molecule has 0 atom stereocenters. The van der Waals surface area contributed by atoms with E-state index in [0.717, 1.165) is 31.6 Å². The Morgan fingerprint density at radius 1 is 1.04 bits per heavy atom. The summed E-state index contributed by atoms with van der Waals surface area (Å²) in [6, 6.07) is 5.74. The number of piperidine rings is 1. The van der Waals surface area contributed by atoms with E-state index in [1.165, 1.54) is 10.9 Å². The molecule has 2 aromatic heterocycles. The first kappa shape index (κ1) is 18.3. The zero-order chi connectivity index (χ0) is 19.0. The Labute approximate surface area is 170 Å². The van der Waals surface area contributed by atoms with Gasteiger partial charge in [0.15, 0.2) is 0 Å². The van der Waals surface area contributed by atoms with Gasteiger partial charge in [0.2, 0.25) is 0 Å². The summed E-state index contributed by atoms with van der Waals surface area (Å²) < 4.78 is 3.09. The highest BCUT2D eigenvalue weighted by Gasteiger charge is 2.22. The Morgan fingerprint density at radius 2 is 1.81 bits per heavy atom. The highest BCUT2D eigenvalue weighted by atomic mass is 35.5. The van der Waals surface area contributed by atoms with Crippen molar-refractivity contribution in [2.45, 2.75) is 18.9 Å². The van der Waals surface area contributed by atoms with E-state index in [4.69, 9.17) is 34.8 Å². The molecule has 1 fully saturated rings. The standard InChI is InChI=1S/C17H15Cl3N6O/c18-13-7-12(26-17(27)16(20)14(19)8-22-26)1-2-15(13)24-5-3-11(4-6-24)25-10-21-9-23-25/h1-2,7-11H,3-6H2. The zero-order valence-corrected chi connectivity index (χ0v) is 16.4. The zero-order valence-electron chi connectivity index (χ0n) is 14.1. The molecule has 0 saturated carbocycles. The predicted octanol–water partition coefficient (Wildman–Crippen LogP) is 3.63. The molecule has 0 amide bonds. The minimum absolute atomic E-state index is 0.0675. The normalized spacial score (nSPS) is 15.3. The fourth-order valence-electron chi connectivity index (χ4n) is 3.26. The topological polar surface area (TPSA) is 68.8 Å². The molecule has 3 heterocycles. The molecule has 0 radical (unpaired) electrons. The summed E-state index contributed by atoms with van der Waals surface area (Å²) >= 11 is 18.3. The van der Waals surface area contributed by atoms with Crippen LogP contribution in [-0.4, -0.2) is 37.6 Å². The van der Waals surface area contributed by atoms with Gasteiger partial charge in [-0.05, 0) is 31.0 Å². The molecule has 27 heavy (non-hydrogen) atoms. The first-order valence-corrected chi connectivity index (χ1v) is 9.50. The monoisotopic (exact) mass is 424 g/mol. The number of benzene rings is 1. The second-order valence-corrected chi connectivity index (χ2v) is 7.45. The average Bonchev–Trinajstić information content (AvgIpc) is 3.21. The molecule has 0 aliphatic carbocycles. The lowest BCUT2D eigenvalue weighted by Crippen LogP contribution is -2.35. The summed E-state index contributed by atoms with van der Waals surface area (Å²) in [4.78, 5) is 18.5. The molecule has 1 aliphatic rings. The Hall–Kier alpha value is -2.09. The lowest BCUT2D eigenvalue weighted by Gasteiger charge is -2.34. The van der Waals surface area contributed by atoms with Gasteiger partial charge in [-0.1, -0.05) is 34.8 Å². The number of hydrogen-bond acceptors (Lipinski definition) is 5. The highest BCUT2D eigenvalue weighted by Crippen LogP contribution is 2.32. The fraction of sp³-hybridized carbons (Fsp3) is 0.294. The summed E-state index contributed by atoms with van der Waals surface area (Å²) in [5, 5.41) is 8.86. The molecule has 0 spiro atoms. The number of anilines is 1. The molecule has 3 aromatic rings. The van der Waals surface area contributed by atoms with Gasteiger partial charge in [0.25, 0.3) is 5.56 Å². The molecule has 0 N–H and O–H groups in total. The van der Waals surface area contributed by atoms with Gasteiger partial charge in [0.1, 0.15) is 17.7 Å². The van der Waals surface area contributed by atoms with Crippen LogP contribution in [0.2, 0.25) is 15.1 Å². The number of halogens is 3. The van der Waals surface area contributed by atoms with Crippen molar-refractivity contribution in [3.63, 3.8) is 0 Å². The lowest BCUT2D eigenvalue weighted by molar-refractivity contribution is 0.366. The third-order valence-corrected chi connectivity index (χ3v) is 5.72. The SMILES string of the molecule is O=c1c(Cl)c(Cl)cnn1-c1ccc(N2CCC(n3cncn3)CC2)c(Cl)c1. The van der Waals surface area contributed by atoms with Crippen LogP contribution in [0, 0.1) is 0 Å². The number of rotatable bonds is 3. The van der Waals surface area contributed by atoms with Crippen LogP contribution in [0.5, 0.6) is 0 Å². The van der Waals surface area contributed by atoms with Gasteiger partial charge in [-0.15, -0.1) is 0 Å². The van der Waals surface area contributed by atoms with Crippen LogP contribution in [0.25, 0.3) is 5.69 Å². The first-order valence-electron chi connectivity index (χ1n) is 8.37. The highest BCUT2D eigenvalue weighted by molar-refractivity contribution is 6.41. The maximum absolute atomic E-state index is 12.3. The van der Waals surface area contributed by atoms with Crippen LogP contribution in [0.15, 0.2) is 41.8 Å². The van der Waals surface area contributed by atoms with Crippen molar-refractivity contribution in [2.75, 3.05) is 18.0 Å². The lowest BCUT2D eigenvalue weighted by atomic mass is 10.0. The molecular weight excluding hydrogens is 411 g/mol. The van der Waals surface area contributed by atoms with Gasteiger partial charge in [-0.25, -0.2) is 9.67 Å². The van der Waals surface area contributed by atoms with Crippen molar-refractivity contribution in [1.29, 1.82) is 0 Å². The van der Waals surface area contributed by atoms with E-state index in [0.29, 0.717) is 16.8 Å². The Morgan fingerprint density at radius 3 is 2.48 bits per heavy atom.